The van der Waals surface area contributed by atoms with E-state index in [1.54, 1.807) is 29.9 Å². The number of ketones is 1. The Morgan fingerprint density at radius 3 is 2.67 bits per heavy atom. The molecule has 0 atom stereocenters. The summed E-state index contributed by atoms with van der Waals surface area (Å²) in [6.07, 6.45) is 0. The number of hydrogen-bond donors (Lipinski definition) is 0. The van der Waals surface area contributed by atoms with Gasteiger partial charge in [-0.05, 0) is 35.0 Å². The van der Waals surface area contributed by atoms with E-state index < -0.39 is 11.7 Å². The predicted molar refractivity (Wildman–Crippen MR) is 82.6 cm³/mol. The highest BCUT2D eigenvalue weighted by Gasteiger charge is 2.38. The van der Waals surface area contributed by atoms with Gasteiger partial charge in [-0.15, -0.1) is 0 Å². The van der Waals surface area contributed by atoms with Crippen LogP contribution in [-0.4, -0.2) is 21.5 Å². The minimum Gasteiger partial charge on any atom is -0.300 e. The molecular formula is C14H11BrClN3O2. The Bertz CT molecular complexity index is 785. The van der Waals surface area contributed by atoms with Crippen LogP contribution in [0.3, 0.4) is 0 Å². The van der Waals surface area contributed by atoms with E-state index >= 15 is 0 Å². The Labute approximate surface area is 134 Å². The third-order valence-corrected chi connectivity index (χ3v) is 4.67. The number of benzene rings is 1. The average molecular weight is 369 g/mol. The van der Waals surface area contributed by atoms with E-state index in [1.807, 2.05) is 6.92 Å². The van der Waals surface area contributed by atoms with Crippen LogP contribution in [0.25, 0.3) is 0 Å². The number of aromatic nitrogens is 2. The molecule has 1 aliphatic heterocycles. The molecule has 21 heavy (non-hydrogen) atoms. The molecule has 0 spiro atoms. The summed E-state index contributed by atoms with van der Waals surface area (Å²) < 4.78 is 2.17. The molecular weight excluding hydrogens is 358 g/mol. The van der Waals surface area contributed by atoms with Gasteiger partial charge in [0.25, 0.3) is 11.7 Å². The Hall–Kier alpha value is -1.66. The molecule has 0 bridgehead atoms. The molecule has 3 rings (SSSR count). The highest BCUT2D eigenvalue weighted by Crippen LogP contribution is 2.36. The Morgan fingerprint density at radius 1 is 1.33 bits per heavy atom. The van der Waals surface area contributed by atoms with Crippen molar-refractivity contribution >= 4 is 44.9 Å². The number of carbonyl (C=O) groups excluding carboxylic acids is 2. The second-order valence-electron chi connectivity index (χ2n) is 4.83. The van der Waals surface area contributed by atoms with E-state index in [0.29, 0.717) is 20.9 Å². The maximum atomic E-state index is 12.2. The molecule has 108 valence electrons. The molecule has 1 aromatic heterocycles. The zero-order valence-electron chi connectivity index (χ0n) is 11.4. The molecule has 5 nitrogen and oxygen atoms in total. The third-order valence-electron chi connectivity index (χ3n) is 3.53. The fourth-order valence-corrected chi connectivity index (χ4v) is 3.24. The summed E-state index contributed by atoms with van der Waals surface area (Å²) in [6.45, 7) is 2.05. The third kappa shape index (κ3) is 2.10. The summed E-state index contributed by atoms with van der Waals surface area (Å²) in [7, 11) is 1.74. The Kier molecular flexibility index (Phi) is 3.37. The molecule has 0 radical (unpaired) electrons. The van der Waals surface area contributed by atoms with E-state index in [9.17, 15) is 9.59 Å². The number of aryl methyl sites for hydroxylation is 2. The van der Waals surface area contributed by atoms with E-state index in [0.717, 1.165) is 11.3 Å². The fourth-order valence-electron chi connectivity index (χ4n) is 2.47. The van der Waals surface area contributed by atoms with Crippen molar-refractivity contribution in [3.63, 3.8) is 0 Å². The fraction of sp³-hybridized carbons (Fsp3) is 0.214. The number of halogens is 2. The van der Waals surface area contributed by atoms with Crippen molar-refractivity contribution in [1.82, 2.24) is 9.78 Å². The minimum atomic E-state index is -0.545. The molecule has 1 amide bonds. The van der Waals surface area contributed by atoms with Crippen molar-refractivity contribution in [3.8, 4) is 0 Å². The Morgan fingerprint density at radius 2 is 2.05 bits per heavy atom. The van der Waals surface area contributed by atoms with Gasteiger partial charge in [-0.25, -0.2) is 0 Å². The number of fused-ring (bicyclic) bond motifs is 1. The van der Waals surface area contributed by atoms with Gasteiger partial charge in [0.2, 0.25) is 0 Å². The first kappa shape index (κ1) is 14.3. The smallest absolute Gasteiger partial charge is 0.299 e. The Balaban J connectivity index is 2.07. The van der Waals surface area contributed by atoms with Crippen LogP contribution in [0.1, 0.15) is 21.6 Å². The zero-order chi connectivity index (χ0) is 15.3. The van der Waals surface area contributed by atoms with E-state index in [2.05, 4.69) is 21.0 Å². The van der Waals surface area contributed by atoms with Gasteiger partial charge in [-0.1, -0.05) is 17.7 Å². The van der Waals surface area contributed by atoms with Gasteiger partial charge >= 0.3 is 0 Å². The van der Waals surface area contributed by atoms with Crippen molar-refractivity contribution in [3.05, 3.63) is 44.6 Å². The van der Waals surface area contributed by atoms with Gasteiger partial charge in [0.15, 0.2) is 0 Å². The molecule has 0 unspecified atom stereocenters. The monoisotopic (exact) mass is 367 g/mol. The summed E-state index contributed by atoms with van der Waals surface area (Å²) in [6, 6.07) is 5.29. The zero-order valence-corrected chi connectivity index (χ0v) is 13.7. The molecule has 1 aliphatic rings. The first-order valence-electron chi connectivity index (χ1n) is 6.24. The van der Waals surface area contributed by atoms with Crippen molar-refractivity contribution in [2.24, 2.45) is 7.05 Å². The lowest BCUT2D eigenvalue weighted by molar-refractivity contribution is -0.114. The standard InChI is InChI=1S/C14H11BrClN3O2/c1-7-8(13(16)18(2)17-7)6-19-10-5-3-4-9(15)11(10)12(20)14(19)21/h3-5H,6H2,1-2H3. The summed E-state index contributed by atoms with van der Waals surface area (Å²) in [5.41, 5.74) is 2.48. The first-order chi connectivity index (χ1) is 9.91. The van der Waals surface area contributed by atoms with E-state index in [1.165, 1.54) is 4.90 Å². The van der Waals surface area contributed by atoms with Crippen LogP contribution in [0, 0.1) is 6.92 Å². The average Bonchev–Trinajstić information content (AvgIpc) is 2.82. The SMILES string of the molecule is Cc1nn(C)c(Cl)c1CN1C(=O)C(=O)c2c(Br)cccc21. The lowest BCUT2D eigenvalue weighted by atomic mass is 10.1. The van der Waals surface area contributed by atoms with Gasteiger partial charge in [0.05, 0.1) is 23.5 Å². The first-order valence-corrected chi connectivity index (χ1v) is 7.41. The molecule has 7 heteroatoms. The van der Waals surface area contributed by atoms with Crippen molar-refractivity contribution in [2.45, 2.75) is 13.5 Å². The number of nitrogens with zero attached hydrogens (tertiary/aromatic N) is 3. The molecule has 2 aromatic rings. The molecule has 0 fully saturated rings. The second-order valence-corrected chi connectivity index (χ2v) is 6.05. The molecule has 2 heterocycles. The summed E-state index contributed by atoms with van der Waals surface area (Å²) in [5, 5.41) is 4.69. The number of anilines is 1. The summed E-state index contributed by atoms with van der Waals surface area (Å²) in [4.78, 5) is 25.8. The number of rotatable bonds is 2. The van der Waals surface area contributed by atoms with E-state index in [-0.39, 0.29) is 6.54 Å². The summed E-state index contributed by atoms with van der Waals surface area (Å²) in [5.74, 6) is -1.05. The number of carbonyl (C=O) groups is 2. The van der Waals surface area contributed by atoms with Crippen molar-refractivity contribution in [1.29, 1.82) is 0 Å². The molecule has 0 aliphatic carbocycles. The van der Waals surface area contributed by atoms with Gasteiger partial charge < -0.3 is 4.90 Å². The van der Waals surface area contributed by atoms with Gasteiger partial charge in [0.1, 0.15) is 5.15 Å². The molecule has 0 N–H and O–H groups in total. The lowest BCUT2D eigenvalue weighted by Crippen LogP contribution is -2.29. The maximum absolute atomic E-state index is 12.2. The number of hydrogen-bond acceptors (Lipinski definition) is 3. The van der Waals surface area contributed by atoms with Crippen LogP contribution in [0.5, 0.6) is 0 Å². The van der Waals surface area contributed by atoms with Crippen LogP contribution in [0.2, 0.25) is 5.15 Å². The lowest BCUT2D eigenvalue weighted by Gasteiger charge is -2.16. The van der Waals surface area contributed by atoms with Crippen molar-refractivity contribution < 1.29 is 9.59 Å². The highest BCUT2D eigenvalue weighted by atomic mass is 79.9. The highest BCUT2D eigenvalue weighted by molar-refractivity contribution is 9.10. The molecule has 1 aromatic carbocycles. The van der Waals surface area contributed by atoms with Gasteiger partial charge in [-0.2, -0.15) is 5.10 Å². The largest absolute Gasteiger partial charge is 0.300 e. The van der Waals surface area contributed by atoms with Gasteiger partial charge in [0, 0.05) is 17.1 Å². The predicted octanol–water partition coefficient (Wildman–Crippen LogP) is 2.87. The maximum Gasteiger partial charge on any atom is 0.299 e. The van der Waals surface area contributed by atoms with Gasteiger partial charge in [-0.3, -0.25) is 14.3 Å². The molecule has 0 saturated heterocycles. The van der Waals surface area contributed by atoms with Crippen LogP contribution in [-0.2, 0) is 18.4 Å². The van der Waals surface area contributed by atoms with Crippen LogP contribution >= 0.6 is 27.5 Å². The van der Waals surface area contributed by atoms with Crippen LogP contribution < -0.4 is 4.90 Å². The minimum absolute atomic E-state index is 0.229. The van der Waals surface area contributed by atoms with Crippen LogP contribution in [0.4, 0.5) is 5.69 Å². The second kappa shape index (κ2) is 4.96. The number of Topliss-reactive ketones (excluding diaryl/α,β-unsaturated/α-hetero) is 1. The summed E-state index contributed by atoms with van der Waals surface area (Å²) >= 11 is 9.52. The van der Waals surface area contributed by atoms with Crippen LogP contribution in [0.15, 0.2) is 22.7 Å². The normalized spacial score (nSPS) is 14.0. The number of amides is 1. The quantitative estimate of drug-likeness (QED) is 0.766. The molecule has 0 saturated carbocycles. The van der Waals surface area contributed by atoms with E-state index in [4.69, 9.17) is 11.6 Å². The van der Waals surface area contributed by atoms with Crippen molar-refractivity contribution in [2.75, 3.05) is 4.90 Å². The topological polar surface area (TPSA) is 55.2 Å².